The molecule has 3 N–H and O–H groups in total. The third-order valence-corrected chi connectivity index (χ3v) is 1.82. The maximum Gasteiger partial charge on any atom is 0.158 e. The summed E-state index contributed by atoms with van der Waals surface area (Å²) in [6.07, 6.45) is 1.97. The first kappa shape index (κ1) is 9.64. The Morgan fingerprint density at radius 3 is 2.31 bits per heavy atom. The van der Waals surface area contributed by atoms with Crippen molar-refractivity contribution in [2.75, 3.05) is 0 Å². The third-order valence-electron chi connectivity index (χ3n) is 1.82. The van der Waals surface area contributed by atoms with Gasteiger partial charge < -0.3 is 5.11 Å². The monoisotopic (exact) mass is 177 g/mol. The normalized spacial score (nSPS) is 14.6. The third kappa shape index (κ3) is 2.02. The van der Waals surface area contributed by atoms with E-state index in [1.807, 2.05) is 0 Å². The van der Waals surface area contributed by atoms with E-state index in [0.29, 0.717) is 11.1 Å². The molecular formula is C10H11NO2. The molecule has 13 heavy (non-hydrogen) atoms. The number of carbonyl (C=O) groups is 1. The van der Waals surface area contributed by atoms with E-state index in [4.69, 9.17) is 5.73 Å². The lowest BCUT2D eigenvalue weighted by Crippen LogP contribution is -2.33. The van der Waals surface area contributed by atoms with Crippen molar-refractivity contribution in [2.45, 2.75) is 5.72 Å². The van der Waals surface area contributed by atoms with Gasteiger partial charge in [0.15, 0.2) is 5.72 Å². The summed E-state index contributed by atoms with van der Waals surface area (Å²) in [5.41, 5.74) is 5.00. The van der Waals surface area contributed by atoms with Crippen molar-refractivity contribution in [2.24, 2.45) is 5.73 Å². The number of carbonyl (C=O) groups excluding carboxylic acids is 1. The summed E-state index contributed by atoms with van der Waals surface area (Å²) in [5.74, 6) is 0. The van der Waals surface area contributed by atoms with Crippen LogP contribution in [0.3, 0.4) is 0 Å². The fourth-order valence-corrected chi connectivity index (χ4v) is 0.947. The molecule has 1 aromatic rings. The molecule has 0 aliphatic heterocycles. The lowest BCUT2D eigenvalue weighted by atomic mass is 10.0. The van der Waals surface area contributed by atoms with Crippen molar-refractivity contribution in [3.63, 3.8) is 0 Å². The Hall–Kier alpha value is -1.45. The molecule has 0 bridgehead atoms. The Labute approximate surface area is 76.5 Å². The molecule has 0 unspecified atom stereocenters. The second kappa shape index (κ2) is 3.51. The highest BCUT2D eigenvalue weighted by Gasteiger charge is 2.18. The number of aldehydes is 1. The van der Waals surface area contributed by atoms with Gasteiger partial charge in [-0.25, -0.2) is 0 Å². The SMILES string of the molecule is C=C[C@](N)(O)c1ccc(C=O)cc1. The smallest absolute Gasteiger partial charge is 0.158 e. The van der Waals surface area contributed by atoms with Gasteiger partial charge in [0.1, 0.15) is 6.29 Å². The molecule has 3 heteroatoms. The van der Waals surface area contributed by atoms with Gasteiger partial charge in [-0.05, 0) is 6.08 Å². The van der Waals surface area contributed by atoms with Crippen molar-refractivity contribution in [3.05, 3.63) is 48.0 Å². The van der Waals surface area contributed by atoms with E-state index >= 15 is 0 Å². The summed E-state index contributed by atoms with van der Waals surface area (Å²) >= 11 is 0. The molecule has 0 aliphatic carbocycles. The van der Waals surface area contributed by atoms with E-state index < -0.39 is 5.72 Å². The lowest BCUT2D eigenvalue weighted by Gasteiger charge is -2.18. The summed E-state index contributed by atoms with van der Waals surface area (Å²) in [6.45, 7) is 3.41. The zero-order chi connectivity index (χ0) is 9.90. The highest BCUT2D eigenvalue weighted by molar-refractivity contribution is 5.74. The predicted octanol–water partition coefficient (Wildman–Crippen LogP) is 0.789. The van der Waals surface area contributed by atoms with Gasteiger partial charge in [0.25, 0.3) is 0 Å². The number of nitrogens with two attached hydrogens (primary N) is 1. The minimum Gasteiger partial charge on any atom is -0.368 e. The highest BCUT2D eigenvalue weighted by Crippen LogP contribution is 2.15. The van der Waals surface area contributed by atoms with Crippen LogP contribution in [0.5, 0.6) is 0 Å². The molecule has 0 aromatic heterocycles. The van der Waals surface area contributed by atoms with Gasteiger partial charge in [-0.15, -0.1) is 0 Å². The van der Waals surface area contributed by atoms with Crippen LogP contribution >= 0.6 is 0 Å². The summed E-state index contributed by atoms with van der Waals surface area (Å²) in [4.78, 5) is 10.3. The molecule has 68 valence electrons. The van der Waals surface area contributed by atoms with E-state index in [1.165, 1.54) is 6.08 Å². The van der Waals surface area contributed by atoms with Crippen molar-refractivity contribution in [1.82, 2.24) is 0 Å². The molecule has 1 atom stereocenters. The van der Waals surface area contributed by atoms with E-state index in [-0.39, 0.29) is 0 Å². The van der Waals surface area contributed by atoms with Crippen LogP contribution in [-0.4, -0.2) is 11.4 Å². The first-order chi connectivity index (χ1) is 6.10. The van der Waals surface area contributed by atoms with E-state index in [0.717, 1.165) is 6.29 Å². The van der Waals surface area contributed by atoms with Crippen LogP contribution in [0.2, 0.25) is 0 Å². The summed E-state index contributed by atoms with van der Waals surface area (Å²) < 4.78 is 0. The molecule has 1 aromatic carbocycles. The van der Waals surface area contributed by atoms with Crippen LogP contribution < -0.4 is 5.73 Å². The molecule has 0 radical (unpaired) electrons. The largest absolute Gasteiger partial charge is 0.368 e. The quantitative estimate of drug-likeness (QED) is 0.407. The predicted molar refractivity (Wildman–Crippen MR) is 50.1 cm³/mol. The molecular weight excluding hydrogens is 166 g/mol. The van der Waals surface area contributed by atoms with Gasteiger partial charge in [0.2, 0.25) is 0 Å². The average molecular weight is 177 g/mol. The number of hydrogen-bond donors (Lipinski definition) is 2. The second-order valence-corrected chi connectivity index (χ2v) is 2.77. The standard InChI is InChI=1S/C10H11NO2/c1-2-10(11,13)9-5-3-8(7-12)4-6-9/h2-7,13H,1,11H2/t10-/m0/s1. The highest BCUT2D eigenvalue weighted by atomic mass is 16.3. The maximum absolute atomic E-state index is 10.3. The Bertz CT molecular complexity index is 314. The zero-order valence-corrected chi connectivity index (χ0v) is 7.10. The average Bonchev–Trinajstić information content (AvgIpc) is 2.18. The molecule has 0 aliphatic rings. The minimum atomic E-state index is -1.53. The summed E-state index contributed by atoms with van der Waals surface area (Å²) in [7, 11) is 0. The summed E-state index contributed by atoms with van der Waals surface area (Å²) in [5, 5.41) is 9.53. The molecule has 0 amide bonds. The zero-order valence-electron chi connectivity index (χ0n) is 7.10. The first-order valence-electron chi connectivity index (χ1n) is 3.80. The van der Waals surface area contributed by atoms with Crippen LogP contribution in [0.15, 0.2) is 36.9 Å². The van der Waals surface area contributed by atoms with Gasteiger partial charge in [0.05, 0.1) is 0 Å². The van der Waals surface area contributed by atoms with Gasteiger partial charge in [-0.3, -0.25) is 10.5 Å². The van der Waals surface area contributed by atoms with Crippen molar-refractivity contribution in [1.29, 1.82) is 0 Å². The number of aliphatic hydroxyl groups is 1. The lowest BCUT2D eigenvalue weighted by molar-refractivity contribution is 0.0974. The maximum atomic E-state index is 10.3. The van der Waals surface area contributed by atoms with E-state index in [2.05, 4.69) is 6.58 Å². The van der Waals surface area contributed by atoms with Crippen LogP contribution in [0.4, 0.5) is 0 Å². The molecule has 0 saturated carbocycles. The summed E-state index contributed by atoms with van der Waals surface area (Å²) in [6, 6.07) is 6.35. The fourth-order valence-electron chi connectivity index (χ4n) is 0.947. The Morgan fingerprint density at radius 2 is 1.92 bits per heavy atom. The molecule has 0 heterocycles. The number of rotatable bonds is 3. The van der Waals surface area contributed by atoms with Gasteiger partial charge in [-0.2, -0.15) is 0 Å². The van der Waals surface area contributed by atoms with Crippen molar-refractivity contribution >= 4 is 6.29 Å². The topological polar surface area (TPSA) is 63.3 Å². The van der Waals surface area contributed by atoms with E-state index in [1.54, 1.807) is 24.3 Å². The molecule has 1 rings (SSSR count). The van der Waals surface area contributed by atoms with Crippen LogP contribution in [0.25, 0.3) is 0 Å². The first-order valence-corrected chi connectivity index (χ1v) is 3.80. The van der Waals surface area contributed by atoms with E-state index in [9.17, 15) is 9.90 Å². The fraction of sp³-hybridized carbons (Fsp3) is 0.100. The van der Waals surface area contributed by atoms with Gasteiger partial charge >= 0.3 is 0 Å². The van der Waals surface area contributed by atoms with Gasteiger partial charge in [-0.1, -0.05) is 30.8 Å². The number of benzene rings is 1. The Balaban J connectivity index is 3.04. The molecule has 0 saturated heterocycles. The van der Waals surface area contributed by atoms with Crippen molar-refractivity contribution < 1.29 is 9.90 Å². The minimum absolute atomic E-state index is 0.508. The number of hydrogen-bond acceptors (Lipinski definition) is 3. The Kier molecular flexibility index (Phi) is 2.60. The molecule has 0 fully saturated rings. The second-order valence-electron chi connectivity index (χ2n) is 2.77. The van der Waals surface area contributed by atoms with Crippen LogP contribution in [0.1, 0.15) is 15.9 Å². The molecule has 3 nitrogen and oxygen atoms in total. The van der Waals surface area contributed by atoms with Crippen LogP contribution in [0, 0.1) is 0 Å². The van der Waals surface area contributed by atoms with Crippen molar-refractivity contribution in [3.8, 4) is 0 Å². The van der Waals surface area contributed by atoms with Gasteiger partial charge in [0, 0.05) is 11.1 Å². The van der Waals surface area contributed by atoms with Crippen LogP contribution in [-0.2, 0) is 5.72 Å². The Morgan fingerprint density at radius 1 is 1.38 bits per heavy atom. The molecule has 0 spiro atoms.